The summed E-state index contributed by atoms with van der Waals surface area (Å²) >= 11 is 1.54. The lowest BCUT2D eigenvalue weighted by molar-refractivity contribution is -0.117. The fourth-order valence-corrected chi connectivity index (χ4v) is 3.05. The molecule has 1 heterocycles. The van der Waals surface area contributed by atoms with E-state index in [-0.39, 0.29) is 17.7 Å². The molecule has 2 N–H and O–H groups in total. The summed E-state index contributed by atoms with van der Waals surface area (Å²) in [6.45, 7) is 2.55. The van der Waals surface area contributed by atoms with E-state index in [2.05, 4.69) is 6.07 Å². The molecule has 4 nitrogen and oxygen atoms in total. The number of carbonyl (C=O) groups is 1. The molecule has 18 heavy (non-hydrogen) atoms. The van der Waals surface area contributed by atoms with E-state index in [9.17, 15) is 4.79 Å². The molecule has 2 rings (SSSR count). The summed E-state index contributed by atoms with van der Waals surface area (Å²) in [7, 11) is 0. The molecule has 0 aromatic heterocycles. The quantitative estimate of drug-likeness (QED) is 0.838. The molecule has 0 aliphatic carbocycles. The maximum Gasteiger partial charge on any atom is 0.241 e. The number of hydrogen-bond acceptors (Lipinski definition) is 4. The van der Waals surface area contributed by atoms with Crippen LogP contribution >= 0.6 is 11.8 Å². The minimum absolute atomic E-state index is 0.000974. The number of carbonyl (C=O) groups excluding carboxylic acids is 1. The van der Waals surface area contributed by atoms with Crippen LogP contribution in [-0.4, -0.2) is 24.2 Å². The number of nitriles is 1. The summed E-state index contributed by atoms with van der Waals surface area (Å²) < 4.78 is 0. The van der Waals surface area contributed by atoms with Crippen molar-refractivity contribution in [1.82, 2.24) is 0 Å². The van der Waals surface area contributed by atoms with Crippen molar-refractivity contribution >= 4 is 23.4 Å². The monoisotopic (exact) mass is 261 g/mol. The molecule has 0 bridgehead atoms. The minimum Gasteiger partial charge on any atom is -0.330 e. The highest BCUT2D eigenvalue weighted by molar-refractivity contribution is 8.00. The minimum atomic E-state index is -0.133. The third kappa shape index (κ3) is 2.35. The predicted octanol–water partition coefficient (Wildman–Crippen LogP) is 1.54. The molecule has 1 aromatic carbocycles. The Morgan fingerprint density at radius 1 is 1.56 bits per heavy atom. The number of anilines is 1. The lowest BCUT2D eigenvalue weighted by Gasteiger charge is -2.31. The van der Waals surface area contributed by atoms with Crippen molar-refractivity contribution in [3.05, 3.63) is 23.8 Å². The number of nitrogens with two attached hydrogens (primary N) is 1. The zero-order valence-corrected chi connectivity index (χ0v) is 11.0. The summed E-state index contributed by atoms with van der Waals surface area (Å²) in [5, 5.41) is 8.72. The zero-order chi connectivity index (χ0) is 13.1. The van der Waals surface area contributed by atoms with Crippen molar-refractivity contribution in [2.24, 2.45) is 5.73 Å². The molecule has 0 spiro atoms. The Bertz CT molecular complexity index is 509. The van der Waals surface area contributed by atoms with E-state index in [1.54, 1.807) is 16.7 Å². The molecule has 1 aliphatic rings. The van der Waals surface area contributed by atoms with Gasteiger partial charge < -0.3 is 5.73 Å². The number of hydrogen-bond donors (Lipinski definition) is 1. The van der Waals surface area contributed by atoms with Crippen LogP contribution in [0.5, 0.6) is 0 Å². The Morgan fingerprint density at radius 2 is 2.33 bits per heavy atom. The third-order valence-corrected chi connectivity index (χ3v) is 4.05. The average Bonchev–Trinajstić information content (AvgIpc) is 2.36. The first kappa shape index (κ1) is 12.9. The van der Waals surface area contributed by atoms with Gasteiger partial charge in [-0.2, -0.15) is 5.26 Å². The number of rotatable bonds is 3. The van der Waals surface area contributed by atoms with E-state index in [1.807, 2.05) is 25.1 Å². The predicted molar refractivity (Wildman–Crippen MR) is 72.5 cm³/mol. The molecule has 1 atom stereocenters. The first-order valence-electron chi connectivity index (χ1n) is 5.85. The summed E-state index contributed by atoms with van der Waals surface area (Å²) in [5.74, 6) is -0.000974. The number of fused-ring (bicyclic) bond motifs is 1. The topological polar surface area (TPSA) is 70.1 Å². The van der Waals surface area contributed by atoms with E-state index < -0.39 is 0 Å². The fourth-order valence-electron chi connectivity index (χ4n) is 2.01. The highest BCUT2D eigenvalue weighted by Gasteiger charge is 2.30. The van der Waals surface area contributed by atoms with Crippen LogP contribution in [0.15, 0.2) is 23.1 Å². The molecule has 1 unspecified atom stereocenters. The van der Waals surface area contributed by atoms with Gasteiger partial charge in [0.1, 0.15) is 6.54 Å². The Hall–Kier alpha value is -1.51. The highest BCUT2D eigenvalue weighted by atomic mass is 32.2. The molecule has 1 aliphatic heterocycles. The van der Waals surface area contributed by atoms with Crippen LogP contribution < -0.4 is 10.6 Å². The normalized spacial score (nSPS) is 18.4. The van der Waals surface area contributed by atoms with E-state index in [4.69, 9.17) is 11.0 Å². The van der Waals surface area contributed by atoms with E-state index in [1.165, 1.54) is 0 Å². The number of amides is 1. The van der Waals surface area contributed by atoms with Crippen molar-refractivity contribution in [3.63, 3.8) is 0 Å². The number of benzene rings is 1. The lowest BCUT2D eigenvalue weighted by atomic mass is 10.1. The van der Waals surface area contributed by atoms with E-state index in [0.29, 0.717) is 6.54 Å². The smallest absolute Gasteiger partial charge is 0.241 e. The summed E-state index contributed by atoms with van der Waals surface area (Å²) in [5.41, 5.74) is 7.48. The van der Waals surface area contributed by atoms with Gasteiger partial charge in [0.2, 0.25) is 5.91 Å². The molecular formula is C13H15N3OS. The summed E-state index contributed by atoms with van der Waals surface area (Å²) in [6.07, 6.45) is 0.780. The molecule has 0 radical (unpaired) electrons. The van der Waals surface area contributed by atoms with Crippen molar-refractivity contribution < 1.29 is 4.79 Å². The Balaban J connectivity index is 2.42. The first-order chi connectivity index (χ1) is 8.67. The Labute approximate surface area is 111 Å². The molecule has 1 aromatic rings. The van der Waals surface area contributed by atoms with Crippen LogP contribution in [0.25, 0.3) is 0 Å². The Kier molecular flexibility index (Phi) is 3.90. The van der Waals surface area contributed by atoms with Gasteiger partial charge in [-0.15, -0.1) is 11.8 Å². The van der Waals surface area contributed by atoms with Crippen molar-refractivity contribution in [2.75, 3.05) is 18.0 Å². The molecule has 0 fully saturated rings. The summed E-state index contributed by atoms with van der Waals surface area (Å²) in [4.78, 5) is 14.7. The van der Waals surface area contributed by atoms with Gasteiger partial charge in [0.05, 0.1) is 17.0 Å². The van der Waals surface area contributed by atoms with Gasteiger partial charge >= 0.3 is 0 Å². The maximum absolute atomic E-state index is 12.1. The van der Waals surface area contributed by atoms with Gasteiger partial charge in [-0.3, -0.25) is 9.69 Å². The Morgan fingerprint density at radius 3 is 3.00 bits per heavy atom. The zero-order valence-electron chi connectivity index (χ0n) is 10.2. The van der Waals surface area contributed by atoms with Gasteiger partial charge in [0, 0.05) is 4.90 Å². The van der Waals surface area contributed by atoms with Crippen LogP contribution in [0, 0.1) is 11.3 Å². The van der Waals surface area contributed by atoms with Crippen molar-refractivity contribution in [2.45, 2.75) is 23.5 Å². The first-order valence-corrected chi connectivity index (χ1v) is 6.73. The second-order valence-corrected chi connectivity index (χ2v) is 5.57. The maximum atomic E-state index is 12.1. The molecule has 5 heteroatoms. The fraction of sp³-hybridized carbons (Fsp3) is 0.385. The third-order valence-electron chi connectivity index (χ3n) is 2.89. The van der Waals surface area contributed by atoms with E-state index in [0.717, 1.165) is 22.6 Å². The van der Waals surface area contributed by atoms with Crippen molar-refractivity contribution in [1.29, 1.82) is 5.26 Å². The van der Waals surface area contributed by atoms with Crippen LogP contribution in [0.2, 0.25) is 0 Å². The van der Waals surface area contributed by atoms with Crippen molar-refractivity contribution in [3.8, 4) is 6.07 Å². The van der Waals surface area contributed by atoms with Gasteiger partial charge in [-0.25, -0.2) is 0 Å². The van der Waals surface area contributed by atoms with Gasteiger partial charge in [-0.05, 0) is 37.6 Å². The highest BCUT2D eigenvalue weighted by Crippen LogP contribution is 2.39. The molecule has 0 saturated heterocycles. The molecule has 0 saturated carbocycles. The largest absolute Gasteiger partial charge is 0.330 e. The average molecular weight is 261 g/mol. The van der Waals surface area contributed by atoms with Crippen LogP contribution in [-0.2, 0) is 11.2 Å². The van der Waals surface area contributed by atoms with E-state index >= 15 is 0 Å². The van der Waals surface area contributed by atoms with Gasteiger partial charge in [0.25, 0.3) is 0 Å². The molecular weight excluding hydrogens is 246 g/mol. The second kappa shape index (κ2) is 5.42. The standard InChI is InChI=1S/C13H15N3OS/c1-9-13(17)16(7-6-15)11-8-10(4-5-14)2-3-12(11)18-9/h2-3,8-9H,4-5,7,14H2,1H3. The summed E-state index contributed by atoms with van der Waals surface area (Å²) in [6, 6.07) is 8.07. The van der Waals surface area contributed by atoms with Crippen LogP contribution in [0.1, 0.15) is 12.5 Å². The second-order valence-electron chi connectivity index (χ2n) is 4.18. The van der Waals surface area contributed by atoms with Gasteiger partial charge in [0.15, 0.2) is 0 Å². The van der Waals surface area contributed by atoms with Gasteiger partial charge in [-0.1, -0.05) is 6.07 Å². The lowest BCUT2D eigenvalue weighted by Crippen LogP contribution is -2.40. The molecule has 94 valence electrons. The van der Waals surface area contributed by atoms with Crippen LogP contribution in [0.3, 0.4) is 0 Å². The number of thioether (sulfide) groups is 1. The number of nitrogens with zero attached hydrogens (tertiary/aromatic N) is 2. The van der Waals surface area contributed by atoms with Crippen LogP contribution in [0.4, 0.5) is 5.69 Å². The SMILES string of the molecule is CC1Sc2ccc(CCN)cc2N(CC#N)C1=O. The molecule has 1 amide bonds.